The largest absolute Gasteiger partial charge is 0.127 e. The van der Waals surface area contributed by atoms with E-state index in [0.717, 1.165) is 13.3 Å². The van der Waals surface area contributed by atoms with E-state index in [2.05, 4.69) is 53.9 Å². The van der Waals surface area contributed by atoms with Gasteiger partial charge in [0.15, 0.2) is 0 Å². The van der Waals surface area contributed by atoms with Gasteiger partial charge in [0.05, 0.1) is 9.16 Å². The zero-order chi connectivity index (χ0) is 11.7. The number of hydrogen-bond acceptors (Lipinski definition) is 1. The summed E-state index contributed by atoms with van der Waals surface area (Å²) in [5, 5.41) is 0. The standard InChI is InChI=1S/C11H6Br3ClS/c12-6-1-2-8(13)7(5-6)11(14)9-3-4-10(15)16-9/h1-5,11H. The Morgan fingerprint density at radius 2 is 1.88 bits per heavy atom. The summed E-state index contributed by atoms with van der Waals surface area (Å²) in [5.41, 5.74) is 1.19. The molecule has 0 fully saturated rings. The Morgan fingerprint density at radius 3 is 2.50 bits per heavy atom. The highest BCUT2D eigenvalue weighted by Crippen LogP contribution is 2.40. The van der Waals surface area contributed by atoms with E-state index in [1.165, 1.54) is 10.4 Å². The van der Waals surface area contributed by atoms with Gasteiger partial charge in [-0.15, -0.1) is 11.3 Å². The van der Waals surface area contributed by atoms with Crippen LogP contribution in [0.1, 0.15) is 15.3 Å². The van der Waals surface area contributed by atoms with Crippen LogP contribution in [-0.4, -0.2) is 0 Å². The second-order valence-electron chi connectivity index (χ2n) is 3.17. The van der Waals surface area contributed by atoms with Crippen molar-refractivity contribution in [1.82, 2.24) is 0 Å². The molecule has 0 nitrogen and oxygen atoms in total. The molecule has 1 atom stereocenters. The predicted molar refractivity (Wildman–Crippen MR) is 81.9 cm³/mol. The molecule has 2 aromatic rings. The number of halogens is 4. The van der Waals surface area contributed by atoms with Crippen LogP contribution in [0.25, 0.3) is 0 Å². The molecule has 16 heavy (non-hydrogen) atoms. The zero-order valence-corrected chi connectivity index (χ0v) is 14.2. The summed E-state index contributed by atoms with van der Waals surface area (Å²) in [6, 6.07) is 10.1. The van der Waals surface area contributed by atoms with Crippen LogP contribution in [0.15, 0.2) is 39.3 Å². The van der Waals surface area contributed by atoms with Crippen LogP contribution < -0.4 is 0 Å². The minimum atomic E-state index is 0.164. The molecule has 0 saturated heterocycles. The number of thiophene rings is 1. The van der Waals surface area contributed by atoms with Crippen molar-refractivity contribution in [1.29, 1.82) is 0 Å². The molecular weight excluding hydrogens is 439 g/mol. The molecule has 0 N–H and O–H groups in total. The Hall–Kier alpha value is 0.650. The molecule has 1 unspecified atom stereocenters. The first kappa shape index (κ1) is 13.1. The molecule has 0 aliphatic heterocycles. The van der Waals surface area contributed by atoms with Gasteiger partial charge in [0.2, 0.25) is 0 Å². The summed E-state index contributed by atoms with van der Waals surface area (Å²) >= 11 is 18.3. The molecule has 1 heterocycles. The normalized spacial score (nSPS) is 12.8. The lowest BCUT2D eigenvalue weighted by Crippen LogP contribution is -1.91. The van der Waals surface area contributed by atoms with E-state index < -0.39 is 0 Å². The fourth-order valence-electron chi connectivity index (χ4n) is 1.33. The smallest absolute Gasteiger partial charge is 0.0931 e. The fraction of sp³-hybridized carbons (Fsp3) is 0.0909. The third-order valence-corrected chi connectivity index (χ3v) is 5.88. The molecule has 1 aromatic carbocycles. The summed E-state index contributed by atoms with van der Waals surface area (Å²) in [6.45, 7) is 0. The molecule has 0 aliphatic rings. The highest BCUT2D eigenvalue weighted by Gasteiger charge is 2.15. The van der Waals surface area contributed by atoms with Crippen molar-refractivity contribution in [2.75, 3.05) is 0 Å². The van der Waals surface area contributed by atoms with Crippen molar-refractivity contribution >= 4 is 70.7 Å². The maximum atomic E-state index is 5.94. The van der Waals surface area contributed by atoms with Crippen molar-refractivity contribution in [2.24, 2.45) is 0 Å². The lowest BCUT2D eigenvalue weighted by atomic mass is 10.1. The zero-order valence-electron chi connectivity index (χ0n) is 7.88. The van der Waals surface area contributed by atoms with Gasteiger partial charge in [0.1, 0.15) is 0 Å². The summed E-state index contributed by atoms with van der Waals surface area (Å²) in [5.74, 6) is 0. The quantitative estimate of drug-likeness (QED) is 0.469. The minimum Gasteiger partial charge on any atom is -0.127 e. The van der Waals surface area contributed by atoms with Crippen molar-refractivity contribution in [3.63, 3.8) is 0 Å². The topological polar surface area (TPSA) is 0 Å². The number of hydrogen-bond donors (Lipinski definition) is 0. The molecule has 0 spiro atoms. The molecule has 0 radical (unpaired) electrons. The van der Waals surface area contributed by atoms with E-state index >= 15 is 0 Å². The lowest BCUT2D eigenvalue weighted by molar-refractivity contribution is 1.20. The van der Waals surface area contributed by atoms with Crippen LogP contribution in [0.4, 0.5) is 0 Å². The molecule has 84 valence electrons. The fourth-order valence-corrected chi connectivity index (χ4v) is 4.36. The summed E-state index contributed by atoms with van der Waals surface area (Å²) in [7, 11) is 0. The van der Waals surface area contributed by atoms with Crippen LogP contribution in [0.5, 0.6) is 0 Å². The third-order valence-electron chi connectivity index (χ3n) is 2.07. The molecule has 5 heteroatoms. The molecule has 2 rings (SSSR count). The maximum Gasteiger partial charge on any atom is 0.0931 e. The van der Waals surface area contributed by atoms with Crippen LogP contribution in [0.3, 0.4) is 0 Å². The minimum absolute atomic E-state index is 0.164. The van der Waals surface area contributed by atoms with E-state index in [9.17, 15) is 0 Å². The monoisotopic (exact) mass is 442 g/mol. The van der Waals surface area contributed by atoms with Crippen molar-refractivity contribution in [3.05, 3.63) is 54.1 Å². The molecule has 0 amide bonds. The number of rotatable bonds is 2. The van der Waals surface area contributed by atoms with Crippen LogP contribution in [0.2, 0.25) is 4.34 Å². The molecule has 0 bridgehead atoms. The molecule has 1 aromatic heterocycles. The lowest BCUT2D eigenvalue weighted by Gasteiger charge is -2.10. The Labute approximate surface area is 128 Å². The van der Waals surface area contributed by atoms with E-state index in [1.54, 1.807) is 11.3 Å². The van der Waals surface area contributed by atoms with Gasteiger partial charge >= 0.3 is 0 Å². The third kappa shape index (κ3) is 2.91. The van der Waals surface area contributed by atoms with E-state index in [0.29, 0.717) is 0 Å². The highest BCUT2D eigenvalue weighted by molar-refractivity contribution is 9.11. The number of alkyl halides is 1. The van der Waals surface area contributed by atoms with Gasteiger partial charge in [0.25, 0.3) is 0 Å². The Bertz CT molecular complexity index is 510. The van der Waals surface area contributed by atoms with E-state index in [1.807, 2.05) is 24.3 Å². The van der Waals surface area contributed by atoms with E-state index in [4.69, 9.17) is 11.6 Å². The van der Waals surface area contributed by atoms with E-state index in [-0.39, 0.29) is 4.83 Å². The van der Waals surface area contributed by atoms with Crippen molar-refractivity contribution < 1.29 is 0 Å². The van der Waals surface area contributed by atoms with Crippen molar-refractivity contribution in [3.8, 4) is 0 Å². The first-order chi connectivity index (χ1) is 7.58. The Kier molecular flexibility index (Phi) is 4.52. The number of benzene rings is 1. The Balaban J connectivity index is 2.40. The van der Waals surface area contributed by atoms with Gasteiger partial charge in [-0.3, -0.25) is 0 Å². The predicted octanol–water partition coefficient (Wildman–Crippen LogP) is 6.41. The van der Waals surface area contributed by atoms with Crippen LogP contribution in [-0.2, 0) is 0 Å². The summed E-state index contributed by atoms with van der Waals surface area (Å²) in [4.78, 5) is 1.36. The van der Waals surface area contributed by atoms with Gasteiger partial charge in [-0.1, -0.05) is 59.4 Å². The maximum absolute atomic E-state index is 5.94. The highest BCUT2D eigenvalue weighted by atomic mass is 79.9. The molecule has 0 aliphatic carbocycles. The van der Waals surface area contributed by atoms with Gasteiger partial charge < -0.3 is 0 Å². The second kappa shape index (κ2) is 5.53. The summed E-state index contributed by atoms with van der Waals surface area (Å²) < 4.78 is 2.96. The first-order valence-electron chi connectivity index (χ1n) is 4.42. The first-order valence-corrected chi connectivity index (χ1v) is 8.12. The van der Waals surface area contributed by atoms with Gasteiger partial charge in [-0.25, -0.2) is 0 Å². The van der Waals surface area contributed by atoms with Gasteiger partial charge in [-0.05, 0) is 35.9 Å². The molecular formula is C11H6Br3ClS. The average Bonchev–Trinajstić information content (AvgIpc) is 2.67. The molecule has 0 saturated carbocycles. The second-order valence-corrected chi connectivity index (χ2v) is 7.60. The average molecular weight is 445 g/mol. The van der Waals surface area contributed by atoms with Crippen molar-refractivity contribution in [2.45, 2.75) is 4.83 Å². The Morgan fingerprint density at radius 1 is 1.12 bits per heavy atom. The SMILES string of the molecule is Clc1ccc(C(Br)c2cc(Br)ccc2Br)s1. The van der Waals surface area contributed by atoms with Crippen LogP contribution in [0, 0.1) is 0 Å². The summed E-state index contributed by atoms with van der Waals surface area (Å²) in [6.07, 6.45) is 0. The van der Waals surface area contributed by atoms with Gasteiger partial charge in [-0.2, -0.15) is 0 Å². The van der Waals surface area contributed by atoms with Crippen LogP contribution >= 0.6 is 70.7 Å². The van der Waals surface area contributed by atoms with Gasteiger partial charge in [0, 0.05) is 13.8 Å².